The summed E-state index contributed by atoms with van der Waals surface area (Å²) in [7, 11) is 1.35. The van der Waals surface area contributed by atoms with E-state index in [1.54, 1.807) is 24.4 Å². The number of nitrogens with one attached hydrogen (secondary N) is 1. The molecule has 0 unspecified atom stereocenters. The zero-order chi connectivity index (χ0) is 17.4. The second kappa shape index (κ2) is 5.94. The summed E-state index contributed by atoms with van der Waals surface area (Å²) in [5.41, 5.74) is 3.94. The lowest BCUT2D eigenvalue weighted by atomic mass is 10.0. The maximum absolute atomic E-state index is 12.1. The number of methoxy groups -OCH3 is 1. The maximum Gasteiger partial charge on any atom is 0.338 e. The number of phenols is 1. The smallest absolute Gasteiger partial charge is 0.338 e. The zero-order valence-corrected chi connectivity index (χ0v) is 13.6. The van der Waals surface area contributed by atoms with Gasteiger partial charge in [0.05, 0.1) is 23.6 Å². The molecule has 2 N–H and O–H groups in total. The van der Waals surface area contributed by atoms with E-state index in [0.717, 1.165) is 22.3 Å². The number of aromatic hydroxyl groups is 1. The predicted octanol–water partition coefficient (Wildman–Crippen LogP) is 3.80. The van der Waals surface area contributed by atoms with Gasteiger partial charge in [0.1, 0.15) is 5.75 Å². The summed E-state index contributed by atoms with van der Waals surface area (Å²) in [5, 5.41) is 11.7. The van der Waals surface area contributed by atoms with Gasteiger partial charge in [-0.05, 0) is 35.9 Å². The number of carbonyl (C=O) groups excluding carboxylic acids is 1. The molecule has 4 aromatic rings. The van der Waals surface area contributed by atoms with Gasteiger partial charge in [-0.3, -0.25) is 4.98 Å². The van der Waals surface area contributed by atoms with Crippen LogP contribution in [0.25, 0.3) is 21.8 Å². The number of ether oxygens (including phenoxy) is 1. The Morgan fingerprint density at radius 1 is 1.12 bits per heavy atom. The number of nitrogens with zero attached hydrogens (tertiary/aromatic N) is 1. The normalized spacial score (nSPS) is 11.1. The van der Waals surface area contributed by atoms with Crippen molar-refractivity contribution in [3.8, 4) is 5.75 Å². The fourth-order valence-corrected chi connectivity index (χ4v) is 3.22. The van der Waals surface area contributed by atoms with Crippen LogP contribution in [0.4, 0.5) is 0 Å². The van der Waals surface area contributed by atoms with Crippen LogP contribution in [-0.2, 0) is 11.2 Å². The van der Waals surface area contributed by atoms with Crippen LogP contribution in [0.15, 0.2) is 54.7 Å². The van der Waals surface area contributed by atoms with Crippen molar-refractivity contribution in [2.75, 3.05) is 7.11 Å². The Balaban J connectivity index is 1.99. The van der Waals surface area contributed by atoms with E-state index < -0.39 is 5.97 Å². The van der Waals surface area contributed by atoms with Gasteiger partial charge in [0.15, 0.2) is 0 Å². The number of hydrogen-bond donors (Lipinski definition) is 2. The molecule has 2 aromatic carbocycles. The third-order valence-corrected chi connectivity index (χ3v) is 4.35. The van der Waals surface area contributed by atoms with Crippen molar-refractivity contribution in [3.63, 3.8) is 0 Å². The summed E-state index contributed by atoms with van der Waals surface area (Å²) in [6, 6.07) is 14.7. The molecule has 0 radical (unpaired) electrons. The molecule has 2 aromatic heterocycles. The number of hydrogen-bond acceptors (Lipinski definition) is 4. The van der Waals surface area contributed by atoms with Crippen LogP contribution >= 0.6 is 0 Å². The van der Waals surface area contributed by atoms with E-state index in [1.165, 1.54) is 7.11 Å². The third kappa shape index (κ3) is 2.50. The van der Waals surface area contributed by atoms with Crippen molar-refractivity contribution < 1.29 is 14.6 Å². The van der Waals surface area contributed by atoms with Gasteiger partial charge < -0.3 is 14.8 Å². The lowest BCUT2D eigenvalue weighted by Gasteiger charge is -2.06. The Hall–Kier alpha value is -3.34. The van der Waals surface area contributed by atoms with E-state index in [1.807, 2.05) is 30.3 Å². The lowest BCUT2D eigenvalue weighted by Crippen LogP contribution is -2.01. The van der Waals surface area contributed by atoms with E-state index in [-0.39, 0.29) is 5.75 Å². The number of aromatic nitrogens is 2. The van der Waals surface area contributed by atoms with Gasteiger partial charge in [0.25, 0.3) is 0 Å². The Labute approximate surface area is 143 Å². The van der Waals surface area contributed by atoms with Crippen LogP contribution in [0, 0.1) is 0 Å². The number of esters is 1. The number of pyridine rings is 1. The van der Waals surface area contributed by atoms with Gasteiger partial charge in [-0.2, -0.15) is 0 Å². The van der Waals surface area contributed by atoms with E-state index in [0.29, 0.717) is 22.8 Å². The Morgan fingerprint density at radius 3 is 2.76 bits per heavy atom. The molecule has 2 heterocycles. The monoisotopic (exact) mass is 332 g/mol. The van der Waals surface area contributed by atoms with Crippen LogP contribution in [-0.4, -0.2) is 28.2 Å². The SMILES string of the molecule is COC(=O)c1cccc2[nH]c3c(Cc4ccccn4)ccc(O)c3c12. The average molecular weight is 332 g/mol. The molecule has 0 aliphatic carbocycles. The molecule has 0 aliphatic heterocycles. The van der Waals surface area contributed by atoms with Gasteiger partial charge in [0, 0.05) is 29.2 Å². The summed E-state index contributed by atoms with van der Waals surface area (Å²) in [6.45, 7) is 0. The third-order valence-electron chi connectivity index (χ3n) is 4.35. The summed E-state index contributed by atoms with van der Waals surface area (Å²) >= 11 is 0. The van der Waals surface area contributed by atoms with Gasteiger partial charge in [-0.15, -0.1) is 0 Å². The summed E-state index contributed by atoms with van der Waals surface area (Å²) < 4.78 is 4.88. The van der Waals surface area contributed by atoms with Gasteiger partial charge in [-0.25, -0.2) is 4.79 Å². The van der Waals surface area contributed by atoms with Crippen LogP contribution in [0.3, 0.4) is 0 Å². The highest BCUT2D eigenvalue weighted by Crippen LogP contribution is 2.37. The molecule has 0 fully saturated rings. The quantitative estimate of drug-likeness (QED) is 0.560. The largest absolute Gasteiger partial charge is 0.507 e. The highest BCUT2D eigenvalue weighted by atomic mass is 16.5. The van der Waals surface area contributed by atoms with Crippen molar-refractivity contribution in [3.05, 3.63) is 71.5 Å². The molecular weight excluding hydrogens is 316 g/mol. The Bertz CT molecular complexity index is 1080. The molecule has 0 saturated heterocycles. The minimum Gasteiger partial charge on any atom is -0.507 e. The fraction of sp³-hybridized carbons (Fsp3) is 0.100. The number of phenolic OH excluding ortho intramolecular Hbond substituents is 1. The van der Waals surface area contributed by atoms with Crippen molar-refractivity contribution in [1.29, 1.82) is 0 Å². The van der Waals surface area contributed by atoms with Crippen molar-refractivity contribution in [2.45, 2.75) is 6.42 Å². The highest BCUT2D eigenvalue weighted by molar-refractivity contribution is 6.19. The van der Waals surface area contributed by atoms with Crippen LogP contribution in [0.2, 0.25) is 0 Å². The molecule has 0 aliphatic rings. The van der Waals surface area contributed by atoms with Crippen molar-refractivity contribution in [2.24, 2.45) is 0 Å². The van der Waals surface area contributed by atoms with Crippen LogP contribution in [0.5, 0.6) is 5.75 Å². The molecular formula is C20H16N2O3. The van der Waals surface area contributed by atoms with E-state index in [9.17, 15) is 9.90 Å². The summed E-state index contributed by atoms with van der Waals surface area (Å²) in [5.74, 6) is -0.302. The molecule has 0 amide bonds. The average Bonchev–Trinajstić information content (AvgIpc) is 3.05. The number of rotatable bonds is 3. The van der Waals surface area contributed by atoms with E-state index in [2.05, 4.69) is 9.97 Å². The molecule has 124 valence electrons. The number of carbonyl (C=O) groups is 1. The molecule has 25 heavy (non-hydrogen) atoms. The minimum absolute atomic E-state index is 0.127. The topological polar surface area (TPSA) is 75.2 Å². The zero-order valence-electron chi connectivity index (χ0n) is 13.6. The maximum atomic E-state index is 12.1. The first kappa shape index (κ1) is 15.2. The number of aromatic amines is 1. The molecule has 5 heteroatoms. The summed E-state index contributed by atoms with van der Waals surface area (Å²) in [6.07, 6.45) is 2.38. The Morgan fingerprint density at radius 2 is 2.00 bits per heavy atom. The van der Waals surface area contributed by atoms with Crippen molar-refractivity contribution >= 4 is 27.8 Å². The van der Waals surface area contributed by atoms with Crippen molar-refractivity contribution in [1.82, 2.24) is 9.97 Å². The predicted molar refractivity (Wildman–Crippen MR) is 95.9 cm³/mol. The first-order valence-electron chi connectivity index (χ1n) is 7.92. The molecule has 0 atom stereocenters. The van der Waals surface area contributed by atoms with Crippen LogP contribution in [0.1, 0.15) is 21.6 Å². The molecule has 0 bridgehead atoms. The molecule has 0 spiro atoms. The second-order valence-corrected chi connectivity index (χ2v) is 5.84. The highest BCUT2D eigenvalue weighted by Gasteiger charge is 2.19. The fourth-order valence-electron chi connectivity index (χ4n) is 3.22. The minimum atomic E-state index is -0.430. The second-order valence-electron chi connectivity index (χ2n) is 5.84. The molecule has 5 nitrogen and oxygen atoms in total. The lowest BCUT2D eigenvalue weighted by molar-refractivity contribution is 0.0603. The van der Waals surface area contributed by atoms with Gasteiger partial charge in [-0.1, -0.05) is 18.2 Å². The Kier molecular flexibility index (Phi) is 3.61. The van der Waals surface area contributed by atoms with Crippen LogP contribution < -0.4 is 0 Å². The standard InChI is InChI=1S/C20H16N2O3/c1-25-20(24)14-6-4-7-15-17(14)18-16(23)9-8-12(19(18)22-15)11-13-5-2-3-10-21-13/h2-10,22-23H,11H2,1H3. The number of H-pyrrole nitrogens is 1. The summed E-state index contributed by atoms with van der Waals surface area (Å²) in [4.78, 5) is 19.8. The number of benzene rings is 2. The first-order chi connectivity index (χ1) is 12.2. The van der Waals surface area contributed by atoms with E-state index >= 15 is 0 Å². The molecule has 4 rings (SSSR count). The van der Waals surface area contributed by atoms with E-state index in [4.69, 9.17) is 4.74 Å². The number of fused-ring (bicyclic) bond motifs is 3. The van der Waals surface area contributed by atoms with Gasteiger partial charge in [0.2, 0.25) is 0 Å². The first-order valence-corrected chi connectivity index (χ1v) is 7.92. The molecule has 0 saturated carbocycles. The van der Waals surface area contributed by atoms with Gasteiger partial charge >= 0.3 is 5.97 Å².